The number of amides is 2. The first-order valence-corrected chi connectivity index (χ1v) is 9.22. The van der Waals surface area contributed by atoms with E-state index in [0.29, 0.717) is 35.9 Å². The molecule has 6 nitrogen and oxygen atoms in total. The number of hydrogen-bond donors (Lipinski definition) is 0. The molecule has 0 unspecified atom stereocenters. The minimum absolute atomic E-state index is 0.176. The van der Waals surface area contributed by atoms with Crippen molar-refractivity contribution in [3.63, 3.8) is 0 Å². The van der Waals surface area contributed by atoms with Crippen molar-refractivity contribution < 1.29 is 19.1 Å². The molecule has 0 bridgehead atoms. The molecule has 0 radical (unpaired) electrons. The monoisotopic (exact) mass is 378 g/mol. The van der Waals surface area contributed by atoms with Crippen LogP contribution in [0.4, 0.5) is 0 Å². The Balaban J connectivity index is 1.43. The summed E-state index contributed by atoms with van der Waals surface area (Å²) in [5.41, 5.74) is 1.91. The number of para-hydroxylation sites is 2. The number of ether oxygens (including phenoxy) is 2. The van der Waals surface area contributed by atoms with E-state index in [4.69, 9.17) is 9.47 Å². The Bertz CT molecular complexity index is 920. The lowest BCUT2D eigenvalue weighted by atomic mass is 10.1. The number of likely N-dealkylation sites (N-methyl/N-ethyl adjacent to an activating group) is 1. The maximum absolute atomic E-state index is 13.0. The van der Waals surface area contributed by atoms with Crippen LogP contribution >= 0.6 is 0 Å². The highest BCUT2D eigenvalue weighted by Crippen LogP contribution is 2.34. The van der Waals surface area contributed by atoms with Crippen molar-refractivity contribution >= 4 is 17.5 Å². The van der Waals surface area contributed by atoms with Gasteiger partial charge in [0.2, 0.25) is 5.91 Å². The van der Waals surface area contributed by atoms with Gasteiger partial charge in [-0.15, -0.1) is 0 Å². The van der Waals surface area contributed by atoms with Crippen LogP contribution in [-0.2, 0) is 4.79 Å². The number of rotatable bonds is 4. The second kappa shape index (κ2) is 7.03. The largest absolute Gasteiger partial charge is 0.486 e. The number of carbonyl (C=O) groups excluding carboxylic acids is 2. The standard InChI is InChI=1S/C22H22N2O4/c1-14-17-8-4-5-9-18(17)22(26)24(14)15(2)21(25)23(3)12-16-13-27-19-10-6-7-11-20(19)28-16/h4-11,15-16H,1,12-13H2,2-3H3/t15-,16+/m0/s1. The van der Waals surface area contributed by atoms with Crippen molar-refractivity contribution in [2.75, 3.05) is 20.2 Å². The minimum Gasteiger partial charge on any atom is -0.486 e. The van der Waals surface area contributed by atoms with Crippen molar-refractivity contribution in [3.8, 4) is 11.5 Å². The Morgan fingerprint density at radius 3 is 2.54 bits per heavy atom. The molecule has 6 heteroatoms. The van der Waals surface area contributed by atoms with Gasteiger partial charge in [0.15, 0.2) is 17.6 Å². The third-order valence-electron chi connectivity index (χ3n) is 5.14. The van der Waals surface area contributed by atoms with Crippen molar-refractivity contribution in [2.45, 2.75) is 19.1 Å². The van der Waals surface area contributed by atoms with Gasteiger partial charge >= 0.3 is 0 Å². The number of carbonyl (C=O) groups is 2. The van der Waals surface area contributed by atoms with E-state index in [0.717, 1.165) is 5.56 Å². The van der Waals surface area contributed by atoms with Crippen LogP contribution in [0.3, 0.4) is 0 Å². The average Bonchev–Trinajstić information content (AvgIpc) is 2.97. The predicted molar refractivity (Wildman–Crippen MR) is 105 cm³/mol. The van der Waals surface area contributed by atoms with Crippen LogP contribution in [0, 0.1) is 0 Å². The van der Waals surface area contributed by atoms with Crippen LogP contribution in [0.5, 0.6) is 11.5 Å². The van der Waals surface area contributed by atoms with Gasteiger partial charge in [-0.2, -0.15) is 0 Å². The van der Waals surface area contributed by atoms with Crippen molar-refractivity contribution in [2.24, 2.45) is 0 Å². The van der Waals surface area contributed by atoms with E-state index in [1.807, 2.05) is 42.5 Å². The predicted octanol–water partition coefficient (Wildman–Crippen LogP) is 2.80. The summed E-state index contributed by atoms with van der Waals surface area (Å²) in [6, 6.07) is 14.1. The van der Waals surface area contributed by atoms with Gasteiger partial charge in [0.05, 0.1) is 6.54 Å². The molecule has 28 heavy (non-hydrogen) atoms. The number of hydrogen-bond acceptors (Lipinski definition) is 4. The number of fused-ring (bicyclic) bond motifs is 2. The molecular formula is C22H22N2O4. The lowest BCUT2D eigenvalue weighted by Gasteiger charge is -2.32. The fourth-order valence-electron chi connectivity index (χ4n) is 3.69. The molecule has 0 saturated carbocycles. The van der Waals surface area contributed by atoms with E-state index < -0.39 is 6.04 Å². The van der Waals surface area contributed by atoms with E-state index in [2.05, 4.69) is 6.58 Å². The van der Waals surface area contributed by atoms with E-state index in [1.165, 1.54) is 4.90 Å². The maximum atomic E-state index is 13.0. The van der Waals surface area contributed by atoms with E-state index in [9.17, 15) is 9.59 Å². The molecule has 2 aliphatic heterocycles. The van der Waals surface area contributed by atoms with Gasteiger partial charge in [0, 0.05) is 23.9 Å². The van der Waals surface area contributed by atoms with Gasteiger partial charge in [0.1, 0.15) is 12.6 Å². The Hall–Kier alpha value is -3.28. The van der Waals surface area contributed by atoms with Crippen LogP contribution < -0.4 is 9.47 Å². The Morgan fingerprint density at radius 2 is 1.82 bits per heavy atom. The second-order valence-electron chi connectivity index (χ2n) is 7.06. The maximum Gasteiger partial charge on any atom is 0.259 e. The zero-order valence-electron chi connectivity index (χ0n) is 15.9. The van der Waals surface area contributed by atoms with E-state index >= 15 is 0 Å². The van der Waals surface area contributed by atoms with Gasteiger partial charge in [-0.3, -0.25) is 14.5 Å². The van der Waals surface area contributed by atoms with E-state index in [-0.39, 0.29) is 17.9 Å². The highest BCUT2D eigenvalue weighted by Gasteiger charge is 2.38. The number of nitrogens with zero attached hydrogens (tertiary/aromatic N) is 2. The van der Waals surface area contributed by atoms with Crippen LogP contribution in [-0.4, -0.2) is 54.0 Å². The Kier molecular flexibility index (Phi) is 4.55. The highest BCUT2D eigenvalue weighted by molar-refractivity contribution is 6.10. The fourth-order valence-corrected chi connectivity index (χ4v) is 3.69. The topological polar surface area (TPSA) is 59.1 Å². The first kappa shape index (κ1) is 18.1. The summed E-state index contributed by atoms with van der Waals surface area (Å²) in [6.07, 6.45) is -0.272. The Labute approximate surface area is 164 Å². The normalized spacial score (nSPS) is 18.6. The molecule has 2 atom stereocenters. The summed E-state index contributed by atoms with van der Waals surface area (Å²) in [4.78, 5) is 28.8. The molecule has 2 aromatic carbocycles. The molecule has 4 rings (SSSR count). The molecule has 2 aromatic rings. The zero-order valence-corrected chi connectivity index (χ0v) is 15.9. The molecule has 0 spiro atoms. The summed E-state index contributed by atoms with van der Waals surface area (Å²) >= 11 is 0. The summed E-state index contributed by atoms with van der Waals surface area (Å²) in [6.45, 7) is 6.47. The molecule has 2 aliphatic rings. The molecule has 0 saturated heterocycles. The van der Waals surface area contributed by atoms with Gasteiger partial charge in [-0.1, -0.05) is 36.9 Å². The van der Waals surface area contributed by atoms with Crippen LogP contribution in [0.15, 0.2) is 55.1 Å². The van der Waals surface area contributed by atoms with Gasteiger partial charge in [0.25, 0.3) is 5.91 Å². The molecule has 0 fully saturated rings. The van der Waals surface area contributed by atoms with Gasteiger partial charge < -0.3 is 14.4 Å². The summed E-state index contributed by atoms with van der Waals surface area (Å²) in [7, 11) is 1.71. The first-order chi connectivity index (χ1) is 13.5. The van der Waals surface area contributed by atoms with Crippen molar-refractivity contribution in [1.82, 2.24) is 9.80 Å². The Morgan fingerprint density at radius 1 is 1.18 bits per heavy atom. The lowest BCUT2D eigenvalue weighted by Crippen LogP contribution is -2.49. The first-order valence-electron chi connectivity index (χ1n) is 9.22. The molecule has 2 amide bonds. The van der Waals surface area contributed by atoms with Gasteiger partial charge in [-0.25, -0.2) is 0 Å². The highest BCUT2D eigenvalue weighted by atomic mass is 16.6. The van der Waals surface area contributed by atoms with Crippen LogP contribution in [0.2, 0.25) is 0 Å². The quantitative estimate of drug-likeness (QED) is 0.821. The molecular weight excluding hydrogens is 356 g/mol. The van der Waals surface area contributed by atoms with Crippen LogP contribution in [0.1, 0.15) is 22.8 Å². The number of benzene rings is 2. The SMILES string of the molecule is C=C1c2ccccc2C(=O)N1[C@@H](C)C(=O)N(C)C[C@@H]1COc2ccccc2O1. The minimum atomic E-state index is -0.658. The summed E-state index contributed by atoms with van der Waals surface area (Å²) in [5.74, 6) is 1.01. The molecule has 0 N–H and O–H groups in total. The van der Waals surface area contributed by atoms with E-state index in [1.54, 1.807) is 24.9 Å². The fraction of sp³-hybridized carbons (Fsp3) is 0.273. The second-order valence-corrected chi connectivity index (χ2v) is 7.06. The summed E-state index contributed by atoms with van der Waals surface area (Å²) < 4.78 is 11.6. The third kappa shape index (κ3) is 3.01. The molecule has 2 heterocycles. The average molecular weight is 378 g/mol. The lowest BCUT2D eigenvalue weighted by molar-refractivity contribution is -0.134. The zero-order chi connectivity index (χ0) is 19.8. The molecule has 0 aromatic heterocycles. The van der Waals surface area contributed by atoms with Crippen molar-refractivity contribution in [3.05, 3.63) is 66.2 Å². The van der Waals surface area contributed by atoms with Gasteiger partial charge in [-0.05, 0) is 25.1 Å². The van der Waals surface area contributed by atoms with Crippen LogP contribution in [0.25, 0.3) is 5.70 Å². The third-order valence-corrected chi connectivity index (χ3v) is 5.14. The smallest absolute Gasteiger partial charge is 0.259 e. The summed E-state index contributed by atoms with van der Waals surface area (Å²) in [5, 5.41) is 0. The molecule has 144 valence electrons. The molecule has 0 aliphatic carbocycles. The van der Waals surface area contributed by atoms with Crippen molar-refractivity contribution in [1.29, 1.82) is 0 Å².